The number of para-hydroxylation sites is 1. The molecule has 4 aromatic rings. The highest BCUT2D eigenvalue weighted by atomic mass is 32.2. The number of amides is 1. The fourth-order valence-corrected chi connectivity index (χ4v) is 7.61. The molecule has 0 bridgehead atoms. The van der Waals surface area contributed by atoms with Crippen molar-refractivity contribution in [2.24, 2.45) is 0 Å². The second kappa shape index (κ2) is 12.0. The van der Waals surface area contributed by atoms with Crippen LogP contribution >= 0.6 is 23.1 Å². The van der Waals surface area contributed by atoms with Crippen molar-refractivity contribution >= 4 is 50.9 Å². The Labute approximate surface area is 238 Å². The van der Waals surface area contributed by atoms with E-state index < -0.39 is 0 Å². The van der Waals surface area contributed by atoms with Crippen molar-refractivity contribution in [3.63, 3.8) is 0 Å². The summed E-state index contributed by atoms with van der Waals surface area (Å²) in [6.45, 7) is 9.11. The van der Waals surface area contributed by atoms with Crippen LogP contribution in [0.1, 0.15) is 70.6 Å². The van der Waals surface area contributed by atoms with Crippen LogP contribution in [0.2, 0.25) is 0 Å². The number of esters is 1. The lowest BCUT2D eigenvalue weighted by atomic mass is 10.1. The monoisotopic (exact) mass is 560 g/mol. The Hall–Kier alpha value is -3.03. The van der Waals surface area contributed by atoms with Gasteiger partial charge in [-0.3, -0.25) is 4.79 Å². The summed E-state index contributed by atoms with van der Waals surface area (Å²) in [5, 5.41) is 4.54. The molecule has 0 radical (unpaired) electrons. The summed E-state index contributed by atoms with van der Waals surface area (Å²) < 4.78 is 7.67. The first-order valence-electron chi connectivity index (χ1n) is 13.8. The number of hydrogen-bond acceptors (Lipinski definition) is 5. The number of thioether (sulfide) groups is 1. The highest BCUT2D eigenvalue weighted by Crippen LogP contribution is 2.39. The normalized spacial score (nSPS) is 14.1. The molecule has 2 aromatic carbocycles. The van der Waals surface area contributed by atoms with E-state index in [2.05, 4.69) is 66.3 Å². The summed E-state index contributed by atoms with van der Waals surface area (Å²) in [5.41, 5.74) is 6.60. The Morgan fingerprint density at radius 2 is 1.90 bits per heavy atom. The zero-order valence-electron chi connectivity index (χ0n) is 23.1. The summed E-state index contributed by atoms with van der Waals surface area (Å²) in [4.78, 5) is 28.7. The zero-order valence-corrected chi connectivity index (χ0v) is 24.8. The second-order valence-electron chi connectivity index (χ2n) is 10.3. The van der Waals surface area contributed by atoms with Crippen LogP contribution in [0.4, 0.5) is 5.00 Å². The summed E-state index contributed by atoms with van der Waals surface area (Å²) in [6, 6.07) is 14.9. The van der Waals surface area contributed by atoms with Crippen molar-refractivity contribution in [2.75, 3.05) is 11.9 Å². The Bertz CT molecular complexity index is 1520. The van der Waals surface area contributed by atoms with Gasteiger partial charge in [0, 0.05) is 33.4 Å². The molecular weight excluding hydrogens is 524 g/mol. The molecule has 0 spiro atoms. The van der Waals surface area contributed by atoms with Gasteiger partial charge in [-0.05, 0) is 76.1 Å². The van der Waals surface area contributed by atoms with E-state index in [1.165, 1.54) is 21.6 Å². The van der Waals surface area contributed by atoms with Crippen molar-refractivity contribution in [2.45, 2.75) is 76.5 Å². The van der Waals surface area contributed by atoms with Gasteiger partial charge in [-0.2, -0.15) is 0 Å². The minimum atomic E-state index is -0.345. The molecule has 1 aliphatic rings. The van der Waals surface area contributed by atoms with Crippen LogP contribution in [0, 0.1) is 13.8 Å². The third-order valence-electron chi connectivity index (χ3n) is 7.41. The van der Waals surface area contributed by atoms with Crippen molar-refractivity contribution < 1.29 is 14.3 Å². The predicted octanol–water partition coefficient (Wildman–Crippen LogP) is 7.93. The molecule has 0 saturated carbocycles. The topological polar surface area (TPSA) is 60.3 Å². The number of thiophene rings is 1. The number of aromatic nitrogens is 1. The van der Waals surface area contributed by atoms with Crippen molar-refractivity contribution in [3.05, 3.63) is 81.4 Å². The fourth-order valence-electron chi connectivity index (χ4n) is 5.30. The van der Waals surface area contributed by atoms with E-state index in [-0.39, 0.29) is 17.1 Å². The summed E-state index contributed by atoms with van der Waals surface area (Å²) >= 11 is 3.10. The van der Waals surface area contributed by atoms with Gasteiger partial charge in [-0.1, -0.05) is 48.4 Å². The van der Waals surface area contributed by atoms with E-state index >= 15 is 0 Å². The molecule has 1 amide bonds. The number of nitrogens with one attached hydrogen (secondary N) is 1. The third-order valence-corrected chi connectivity index (χ3v) is 9.76. The number of nitrogens with zero attached hydrogens (tertiary/aromatic N) is 1. The minimum Gasteiger partial charge on any atom is -0.462 e. The Balaban J connectivity index is 1.39. The van der Waals surface area contributed by atoms with Gasteiger partial charge in [0.2, 0.25) is 5.91 Å². The van der Waals surface area contributed by atoms with E-state index in [4.69, 9.17) is 4.74 Å². The molecule has 1 unspecified atom stereocenters. The Morgan fingerprint density at radius 1 is 1.10 bits per heavy atom. The molecule has 0 fully saturated rings. The lowest BCUT2D eigenvalue weighted by Crippen LogP contribution is -2.23. The molecule has 39 heavy (non-hydrogen) atoms. The molecule has 0 aliphatic heterocycles. The molecule has 7 heteroatoms. The Morgan fingerprint density at radius 3 is 2.72 bits per heavy atom. The number of carbonyl (C=O) groups excluding carboxylic acids is 2. The van der Waals surface area contributed by atoms with Gasteiger partial charge >= 0.3 is 5.97 Å². The number of fused-ring (bicyclic) bond motifs is 2. The molecule has 0 saturated heterocycles. The number of benzene rings is 2. The molecule has 2 aromatic heterocycles. The molecule has 204 valence electrons. The fraction of sp³-hybridized carbons (Fsp3) is 0.375. The smallest absolute Gasteiger partial charge is 0.341 e. The van der Waals surface area contributed by atoms with E-state index in [1.54, 1.807) is 23.1 Å². The van der Waals surface area contributed by atoms with Gasteiger partial charge in [-0.15, -0.1) is 23.1 Å². The van der Waals surface area contributed by atoms with E-state index in [0.29, 0.717) is 17.2 Å². The average molecular weight is 561 g/mol. The minimum absolute atomic E-state index is 0.103. The van der Waals surface area contributed by atoms with Gasteiger partial charge in [0.15, 0.2) is 0 Å². The highest BCUT2D eigenvalue weighted by Gasteiger charge is 2.28. The van der Waals surface area contributed by atoms with Crippen molar-refractivity contribution in [1.29, 1.82) is 0 Å². The maximum Gasteiger partial charge on any atom is 0.341 e. The predicted molar refractivity (Wildman–Crippen MR) is 162 cm³/mol. The first kappa shape index (κ1) is 27.5. The third kappa shape index (κ3) is 5.94. The van der Waals surface area contributed by atoms with Crippen LogP contribution in [0.3, 0.4) is 0 Å². The van der Waals surface area contributed by atoms with Crippen LogP contribution in [0.5, 0.6) is 0 Å². The lowest BCUT2D eigenvalue weighted by molar-refractivity contribution is -0.115. The van der Waals surface area contributed by atoms with Crippen molar-refractivity contribution in [1.82, 2.24) is 4.57 Å². The molecule has 1 N–H and O–H groups in total. The van der Waals surface area contributed by atoms with Gasteiger partial charge < -0.3 is 14.6 Å². The van der Waals surface area contributed by atoms with E-state index in [9.17, 15) is 9.59 Å². The number of carbonyl (C=O) groups is 2. The largest absolute Gasteiger partial charge is 0.462 e. The first-order valence-corrected chi connectivity index (χ1v) is 15.5. The molecule has 5 rings (SSSR count). The maximum atomic E-state index is 13.5. The molecule has 2 heterocycles. The molecule has 1 aliphatic carbocycles. The molecular formula is C32H36N2O3S2. The summed E-state index contributed by atoms with van der Waals surface area (Å²) in [7, 11) is 0. The Kier molecular flexibility index (Phi) is 8.48. The number of anilines is 1. The number of hydrogen-bond donors (Lipinski definition) is 1. The molecule has 1 atom stereocenters. The maximum absolute atomic E-state index is 13.5. The van der Waals surface area contributed by atoms with Crippen LogP contribution in [-0.4, -0.2) is 28.3 Å². The quantitative estimate of drug-likeness (QED) is 0.135. The average Bonchev–Trinajstić information content (AvgIpc) is 3.34. The lowest BCUT2D eigenvalue weighted by Gasteiger charge is -2.12. The number of ether oxygens (including phenoxy) is 1. The van der Waals surface area contributed by atoms with Crippen LogP contribution in [-0.2, 0) is 28.9 Å². The van der Waals surface area contributed by atoms with Gasteiger partial charge in [0.1, 0.15) is 5.00 Å². The van der Waals surface area contributed by atoms with Gasteiger partial charge in [0.05, 0.1) is 17.4 Å². The first-order chi connectivity index (χ1) is 18.9. The number of rotatable bonds is 8. The highest BCUT2D eigenvalue weighted by molar-refractivity contribution is 8.00. The van der Waals surface area contributed by atoms with E-state index in [1.807, 2.05) is 19.9 Å². The van der Waals surface area contributed by atoms with Crippen LogP contribution < -0.4 is 5.32 Å². The van der Waals surface area contributed by atoms with Crippen molar-refractivity contribution in [3.8, 4) is 0 Å². The summed E-state index contributed by atoms with van der Waals surface area (Å²) in [5.74, 6) is -0.435. The number of aryl methyl sites for hydroxylation is 3. The second-order valence-corrected chi connectivity index (χ2v) is 12.8. The van der Waals surface area contributed by atoms with Gasteiger partial charge in [0.25, 0.3) is 0 Å². The summed E-state index contributed by atoms with van der Waals surface area (Å²) in [6.07, 6.45) is 7.31. The molecule has 5 nitrogen and oxygen atoms in total. The zero-order chi connectivity index (χ0) is 27.5. The SMILES string of the molecule is CCOC(=O)c1c(NC(=O)C(C)Sc2cn(Cc3cc(C)ccc3C)c3ccccc23)sc2c1CCCCC2. The standard InChI is InChI=1S/C32H36N2O3S2/c1-5-37-32(36)29-25-12-7-6-8-14-27(25)39-31(29)33-30(35)22(4)38-28-19-34(26-13-10-9-11-24(26)28)18-23-17-20(2)15-16-21(23)3/h9-11,13,15-17,19,22H,5-8,12,14,18H2,1-4H3,(H,33,35). The van der Waals surface area contributed by atoms with Crippen LogP contribution in [0.15, 0.2) is 53.6 Å². The van der Waals surface area contributed by atoms with E-state index in [0.717, 1.165) is 60.0 Å². The van der Waals surface area contributed by atoms with Crippen LogP contribution in [0.25, 0.3) is 10.9 Å². The van der Waals surface area contributed by atoms with Gasteiger partial charge in [-0.25, -0.2) is 4.79 Å².